The predicted molar refractivity (Wildman–Crippen MR) is 89.2 cm³/mol. The van der Waals surface area contributed by atoms with Crippen molar-refractivity contribution in [3.05, 3.63) is 20.8 Å². The third kappa shape index (κ3) is 2.83. The van der Waals surface area contributed by atoms with E-state index >= 15 is 0 Å². The number of halogens is 1. The van der Waals surface area contributed by atoms with Crippen molar-refractivity contribution in [3.63, 3.8) is 0 Å². The van der Waals surface area contributed by atoms with Crippen molar-refractivity contribution in [1.82, 2.24) is 9.80 Å². The van der Waals surface area contributed by atoms with Crippen LogP contribution in [-0.2, 0) is 0 Å². The number of nitrogens with zero attached hydrogens (tertiary/aromatic N) is 2. The van der Waals surface area contributed by atoms with Gasteiger partial charge in [0.15, 0.2) is 0 Å². The zero-order valence-electron chi connectivity index (χ0n) is 12.3. The summed E-state index contributed by atoms with van der Waals surface area (Å²) in [5.41, 5.74) is 6.34. The lowest BCUT2D eigenvalue weighted by atomic mass is 10.00. The lowest BCUT2D eigenvalue weighted by Crippen LogP contribution is -2.57. The van der Waals surface area contributed by atoms with Crippen molar-refractivity contribution >= 4 is 27.3 Å². The van der Waals surface area contributed by atoms with Gasteiger partial charge in [-0.3, -0.25) is 9.80 Å². The standard InChI is InChI=1S/C15H24BrN3S/c1-10-7-18-5-3-4-13(18)8-19(10)15(11(2)17)14-6-12(16)9-20-14/h6,9-11,13,15H,3-5,7-8,17H2,1-2H3. The zero-order valence-corrected chi connectivity index (χ0v) is 14.7. The molecule has 0 amide bonds. The van der Waals surface area contributed by atoms with Gasteiger partial charge in [0, 0.05) is 45.9 Å². The maximum atomic E-state index is 6.34. The first-order valence-electron chi connectivity index (χ1n) is 7.55. The molecule has 2 N–H and O–H groups in total. The Kier molecular flexibility index (Phi) is 4.53. The first kappa shape index (κ1) is 15.0. The van der Waals surface area contributed by atoms with Crippen LogP contribution in [0.5, 0.6) is 0 Å². The molecule has 2 fully saturated rings. The molecule has 1 aromatic rings. The van der Waals surface area contributed by atoms with Crippen molar-refractivity contribution in [3.8, 4) is 0 Å². The zero-order chi connectivity index (χ0) is 14.3. The van der Waals surface area contributed by atoms with E-state index in [1.807, 2.05) is 11.3 Å². The van der Waals surface area contributed by atoms with Crippen molar-refractivity contribution in [2.75, 3.05) is 19.6 Å². The Morgan fingerprint density at radius 3 is 2.90 bits per heavy atom. The third-order valence-corrected chi connectivity index (χ3v) is 6.48. The Balaban J connectivity index is 1.83. The molecule has 2 aliphatic heterocycles. The van der Waals surface area contributed by atoms with Gasteiger partial charge in [0.05, 0.1) is 6.04 Å². The molecule has 20 heavy (non-hydrogen) atoms. The topological polar surface area (TPSA) is 32.5 Å². The van der Waals surface area contributed by atoms with E-state index in [2.05, 4.69) is 51.0 Å². The second-order valence-corrected chi connectivity index (χ2v) is 8.17. The second kappa shape index (κ2) is 6.05. The first-order valence-corrected chi connectivity index (χ1v) is 9.23. The van der Waals surface area contributed by atoms with Crippen LogP contribution in [0.15, 0.2) is 15.9 Å². The molecule has 2 saturated heterocycles. The van der Waals surface area contributed by atoms with Crippen LogP contribution in [0.3, 0.4) is 0 Å². The molecule has 112 valence electrons. The van der Waals surface area contributed by atoms with Gasteiger partial charge < -0.3 is 5.73 Å². The molecule has 0 spiro atoms. The van der Waals surface area contributed by atoms with E-state index in [9.17, 15) is 0 Å². The molecule has 1 aromatic heterocycles. The highest BCUT2D eigenvalue weighted by Gasteiger charge is 2.39. The smallest absolute Gasteiger partial charge is 0.0594 e. The minimum atomic E-state index is 0.163. The summed E-state index contributed by atoms with van der Waals surface area (Å²) in [6.07, 6.45) is 2.71. The van der Waals surface area contributed by atoms with Gasteiger partial charge in [0.25, 0.3) is 0 Å². The van der Waals surface area contributed by atoms with Gasteiger partial charge in [-0.2, -0.15) is 0 Å². The average molecular weight is 358 g/mol. The highest BCUT2D eigenvalue weighted by Crippen LogP contribution is 2.36. The molecule has 0 saturated carbocycles. The van der Waals surface area contributed by atoms with E-state index in [0.29, 0.717) is 12.1 Å². The Hall–Kier alpha value is 0.0600. The summed E-state index contributed by atoms with van der Waals surface area (Å²) in [5.74, 6) is 0. The lowest BCUT2D eigenvalue weighted by Gasteiger charge is -2.47. The quantitative estimate of drug-likeness (QED) is 0.901. The normalized spacial score (nSPS) is 31.2. The van der Waals surface area contributed by atoms with Gasteiger partial charge in [-0.05, 0) is 55.2 Å². The maximum Gasteiger partial charge on any atom is 0.0594 e. The van der Waals surface area contributed by atoms with E-state index in [1.165, 1.54) is 41.8 Å². The SMILES string of the molecule is CC(N)C(c1cc(Br)cs1)N1CC2CCCN2CC1C. The second-order valence-electron chi connectivity index (χ2n) is 6.31. The van der Waals surface area contributed by atoms with Crippen LogP contribution in [0.1, 0.15) is 37.6 Å². The van der Waals surface area contributed by atoms with Crippen molar-refractivity contribution in [2.45, 2.75) is 50.9 Å². The first-order chi connectivity index (χ1) is 9.56. The Morgan fingerprint density at radius 1 is 1.45 bits per heavy atom. The number of nitrogens with two attached hydrogens (primary N) is 1. The molecular formula is C15H24BrN3S. The summed E-state index contributed by atoms with van der Waals surface area (Å²) in [6, 6.07) is 4.09. The van der Waals surface area contributed by atoms with Crippen LogP contribution in [0, 0.1) is 0 Å². The summed E-state index contributed by atoms with van der Waals surface area (Å²) in [7, 11) is 0. The minimum absolute atomic E-state index is 0.163. The fraction of sp³-hybridized carbons (Fsp3) is 0.733. The number of hydrogen-bond donors (Lipinski definition) is 1. The van der Waals surface area contributed by atoms with Crippen LogP contribution < -0.4 is 5.73 Å². The largest absolute Gasteiger partial charge is 0.326 e. The predicted octanol–water partition coefficient (Wildman–Crippen LogP) is 3.07. The maximum absolute atomic E-state index is 6.34. The van der Waals surface area contributed by atoms with Crippen molar-refractivity contribution in [1.29, 1.82) is 0 Å². The van der Waals surface area contributed by atoms with E-state index in [0.717, 1.165) is 6.04 Å². The Labute approximate surface area is 134 Å². The number of fused-ring (bicyclic) bond motifs is 1. The third-order valence-electron chi connectivity index (χ3n) is 4.72. The molecule has 3 heterocycles. The fourth-order valence-electron chi connectivity index (χ4n) is 3.81. The molecule has 0 radical (unpaired) electrons. The molecule has 0 bridgehead atoms. The van der Waals surface area contributed by atoms with Gasteiger partial charge in [-0.15, -0.1) is 11.3 Å². The van der Waals surface area contributed by atoms with Crippen LogP contribution in [0.4, 0.5) is 0 Å². The molecule has 4 atom stereocenters. The van der Waals surface area contributed by atoms with E-state index in [-0.39, 0.29) is 6.04 Å². The summed E-state index contributed by atoms with van der Waals surface area (Å²) < 4.78 is 1.18. The number of thiophene rings is 1. The molecule has 0 aliphatic carbocycles. The van der Waals surface area contributed by atoms with Gasteiger partial charge >= 0.3 is 0 Å². The number of hydrogen-bond acceptors (Lipinski definition) is 4. The van der Waals surface area contributed by atoms with E-state index in [1.54, 1.807) is 0 Å². The Bertz CT molecular complexity index is 462. The summed E-state index contributed by atoms with van der Waals surface area (Å²) >= 11 is 5.40. The minimum Gasteiger partial charge on any atom is -0.326 e. The molecule has 2 aliphatic rings. The molecule has 0 aromatic carbocycles. The molecule has 3 nitrogen and oxygen atoms in total. The fourth-order valence-corrected chi connectivity index (χ4v) is 5.49. The van der Waals surface area contributed by atoms with Crippen molar-refractivity contribution < 1.29 is 0 Å². The van der Waals surface area contributed by atoms with Gasteiger partial charge in [-0.1, -0.05) is 0 Å². The molecule has 4 unspecified atom stereocenters. The van der Waals surface area contributed by atoms with Crippen LogP contribution in [-0.4, -0.2) is 47.6 Å². The lowest BCUT2D eigenvalue weighted by molar-refractivity contribution is 0.0217. The van der Waals surface area contributed by atoms with Gasteiger partial charge in [0.1, 0.15) is 0 Å². The number of rotatable bonds is 3. The average Bonchev–Trinajstić information content (AvgIpc) is 2.98. The molecule has 5 heteroatoms. The van der Waals surface area contributed by atoms with E-state index < -0.39 is 0 Å². The highest BCUT2D eigenvalue weighted by atomic mass is 79.9. The number of piperazine rings is 1. The summed E-state index contributed by atoms with van der Waals surface area (Å²) in [6.45, 7) is 8.15. The van der Waals surface area contributed by atoms with Crippen LogP contribution in [0.25, 0.3) is 0 Å². The van der Waals surface area contributed by atoms with Crippen LogP contribution in [0.2, 0.25) is 0 Å². The van der Waals surface area contributed by atoms with Crippen LogP contribution >= 0.6 is 27.3 Å². The molecule has 3 rings (SSSR count). The monoisotopic (exact) mass is 357 g/mol. The highest BCUT2D eigenvalue weighted by molar-refractivity contribution is 9.10. The van der Waals surface area contributed by atoms with E-state index in [4.69, 9.17) is 5.73 Å². The van der Waals surface area contributed by atoms with Gasteiger partial charge in [-0.25, -0.2) is 0 Å². The van der Waals surface area contributed by atoms with Crippen molar-refractivity contribution in [2.24, 2.45) is 5.73 Å². The van der Waals surface area contributed by atoms with Gasteiger partial charge in [0.2, 0.25) is 0 Å². The summed E-state index contributed by atoms with van der Waals surface area (Å²) in [4.78, 5) is 6.71. The Morgan fingerprint density at radius 2 is 2.25 bits per heavy atom. The summed E-state index contributed by atoms with van der Waals surface area (Å²) in [5, 5.41) is 2.17. The molecular weight excluding hydrogens is 334 g/mol.